The summed E-state index contributed by atoms with van der Waals surface area (Å²) in [6, 6.07) is 1.93. The standard InChI is InChI=1S/C7H7N3S2/c1-10-3-2-4-5(7(10)11)12-9-6(4)8/h2-3H,1H3,(H2,8,9). The molecule has 0 unspecified atom stereocenters. The monoisotopic (exact) mass is 197 g/mol. The maximum absolute atomic E-state index is 5.64. The fourth-order valence-corrected chi connectivity index (χ4v) is 2.10. The van der Waals surface area contributed by atoms with Crippen LogP contribution >= 0.6 is 23.8 Å². The first kappa shape index (κ1) is 7.70. The number of rotatable bonds is 0. The lowest BCUT2D eigenvalue weighted by Gasteiger charge is -1.96. The van der Waals surface area contributed by atoms with Crippen molar-refractivity contribution < 1.29 is 0 Å². The SMILES string of the molecule is Cn1ccc2c(N)nsc2c1=S. The predicted octanol–water partition coefficient (Wildman–Crippen LogP) is 1.95. The maximum Gasteiger partial charge on any atom is 0.145 e. The fourth-order valence-electron chi connectivity index (χ4n) is 1.04. The molecule has 0 aromatic carbocycles. The van der Waals surface area contributed by atoms with Gasteiger partial charge in [-0.25, -0.2) is 0 Å². The van der Waals surface area contributed by atoms with Crippen LogP contribution in [0.3, 0.4) is 0 Å². The number of nitrogens with zero attached hydrogens (tertiary/aromatic N) is 2. The largest absolute Gasteiger partial charge is 0.382 e. The molecular formula is C7H7N3S2. The smallest absolute Gasteiger partial charge is 0.145 e. The van der Waals surface area contributed by atoms with Crippen molar-refractivity contribution in [1.29, 1.82) is 0 Å². The van der Waals surface area contributed by atoms with E-state index in [1.807, 2.05) is 23.9 Å². The molecule has 0 fully saturated rings. The Kier molecular flexibility index (Phi) is 1.62. The summed E-state index contributed by atoms with van der Waals surface area (Å²) < 4.78 is 7.71. The van der Waals surface area contributed by atoms with Crippen LogP contribution in [0.25, 0.3) is 10.1 Å². The number of nitrogen functional groups attached to an aromatic ring is 1. The van der Waals surface area contributed by atoms with Gasteiger partial charge in [-0.2, -0.15) is 4.37 Å². The van der Waals surface area contributed by atoms with Gasteiger partial charge in [-0.3, -0.25) is 0 Å². The molecule has 0 aliphatic carbocycles. The molecule has 0 spiro atoms. The summed E-state index contributed by atoms with van der Waals surface area (Å²) in [6.45, 7) is 0. The van der Waals surface area contributed by atoms with Crippen LogP contribution in [0.2, 0.25) is 0 Å². The zero-order chi connectivity index (χ0) is 8.72. The Morgan fingerprint density at radius 1 is 1.67 bits per heavy atom. The lowest BCUT2D eigenvalue weighted by molar-refractivity contribution is 0.901. The van der Waals surface area contributed by atoms with E-state index in [0.717, 1.165) is 14.7 Å². The average Bonchev–Trinajstić information content (AvgIpc) is 2.41. The van der Waals surface area contributed by atoms with Gasteiger partial charge in [-0.15, -0.1) is 0 Å². The zero-order valence-electron chi connectivity index (χ0n) is 6.44. The predicted molar refractivity (Wildman–Crippen MR) is 53.8 cm³/mol. The number of pyridine rings is 1. The van der Waals surface area contributed by atoms with Crippen LogP contribution in [0.4, 0.5) is 5.82 Å². The minimum absolute atomic E-state index is 0.571. The summed E-state index contributed by atoms with van der Waals surface area (Å²) in [6.07, 6.45) is 1.90. The third-order valence-corrected chi connectivity index (χ3v) is 3.24. The van der Waals surface area contributed by atoms with Crippen molar-refractivity contribution in [2.45, 2.75) is 0 Å². The molecule has 2 N–H and O–H groups in total. The zero-order valence-corrected chi connectivity index (χ0v) is 8.08. The molecule has 0 aliphatic rings. The third-order valence-electron chi connectivity index (χ3n) is 1.74. The Morgan fingerprint density at radius 2 is 2.42 bits per heavy atom. The number of aryl methyl sites for hydroxylation is 1. The molecule has 2 heterocycles. The van der Waals surface area contributed by atoms with E-state index in [1.165, 1.54) is 11.5 Å². The van der Waals surface area contributed by atoms with Gasteiger partial charge in [0, 0.05) is 18.6 Å². The highest BCUT2D eigenvalue weighted by Gasteiger charge is 2.03. The lowest BCUT2D eigenvalue weighted by atomic mass is 10.3. The van der Waals surface area contributed by atoms with Crippen molar-refractivity contribution in [3.05, 3.63) is 16.9 Å². The van der Waals surface area contributed by atoms with Gasteiger partial charge in [0.1, 0.15) is 10.5 Å². The van der Waals surface area contributed by atoms with E-state index in [1.54, 1.807) is 0 Å². The Balaban J connectivity index is 3.03. The van der Waals surface area contributed by atoms with E-state index in [0.29, 0.717) is 5.82 Å². The number of nitrogens with two attached hydrogens (primary N) is 1. The quantitative estimate of drug-likeness (QED) is 0.656. The van der Waals surface area contributed by atoms with Gasteiger partial charge >= 0.3 is 0 Å². The molecule has 0 saturated carbocycles. The van der Waals surface area contributed by atoms with Crippen LogP contribution in [0, 0.1) is 4.64 Å². The van der Waals surface area contributed by atoms with E-state index in [4.69, 9.17) is 18.0 Å². The minimum Gasteiger partial charge on any atom is -0.382 e. The number of aromatic nitrogens is 2. The van der Waals surface area contributed by atoms with Gasteiger partial charge in [0.25, 0.3) is 0 Å². The van der Waals surface area contributed by atoms with Gasteiger partial charge in [0.2, 0.25) is 0 Å². The van der Waals surface area contributed by atoms with E-state index < -0.39 is 0 Å². The first-order chi connectivity index (χ1) is 5.70. The van der Waals surface area contributed by atoms with Gasteiger partial charge in [0.15, 0.2) is 0 Å². The summed E-state index contributed by atoms with van der Waals surface area (Å²) in [5.74, 6) is 0.571. The van der Waals surface area contributed by atoms with Gasteiger partial charge < -0.3 is 10.3 Å². The van der Waals surface area contributed by atoms with E-state index in [9.17, 15) is 0 Å². The topological polar surface area (TPSA) is 43.8 Å². The fraction of sp³-hybridized carbons (Fsp3) is 0.143. The molecule has 2 rings (SSSR count). The summed E-state index contributed by atoms with van der Waals surface area (Å²) in [5.41, 5.74) is 5.64. The van der Waals surface area contributed by atoms with Crippen molar-refractivity contribution in [2.75, 3.05) is 5.73 Å². The Hall–Kier alpha value is -0.940. The molecule has 5 heteroatoms. The second-order valence-corrected chi connectivity index (χ2v) is 3.70. The van der Waals surface area contributed by atoms with E-state index >= 15 is 0 Å². The summed E-state index contributed by atoms with van der Waals surface area (Å²) in [4.78, 5) is 0. The van der Waals surface area contributed by atoms with Crippen molar-refractivity contribution in [3.63, 3.8) is 0 Å². The molecule has 2 aromatic rings. The van der Waals surface area contributed by atoms with Crippen LogP contribution in [0.5, 0.6) is 0 Å². The second kappa shape index (κ2) is 2.53. The van der Waals surface area contributed by atoms with Crippen molar-refractivity contribution >= 4 is 39.7 Å². The van der Waals surface area contributed by atoms with Crippen LogP contribution in [0.1, 0.15) is 0 Å². The van der Waals surface area contributed by atoms with Crippen molar-refractivity contribution in [3.8, 4) is 0 Å². The molecule has 0 atom stereocenters. The Bertz CT molecular complexity index is 483. The number of hydrogen-bond acceptors (Lipinski definition) is 4. The normalized spacial score (nSPS) is 10.8. The van der Waals surface area contributed by atoms with Gasteiger partial charge in [-0.05, 0) is 17.6 Å². The highest BCUT2D eigenvalue weighted by Crippen LogP contribution is 2.24. The first-order valence-electron chi connectivity index (χ1n) is 3.40. The summed E-state index contributed by atoms with van der Waals surface area (Å²) in [5, 5.41) is 0.961. The lowest BCUT2D eigenvalue weighted by Crippen LogP contribution is -1.90. The molecule has 0 amide bonds. The van der Waals surface area contributed by atoms with E-state index in [-0.39, 0.29) is 0 Å². The minimum atomic E-state index is 0.571. The number of anilines is 1. The molecule has 12 heavy (non-hydrogen) atoms. The molecular weight excluding hydrogens is 190 g/mol. The van der Waals surface area contributed by atoms with Gasteiger partial charge in [-0.1, -0.05) is 12.2 Å². The van der Waals surface area contributed by atoms with E-state index in [2.05, 4.69) is 4.37 Å². The van der Waals surface area contributed by atoms with Crippen LogP contribution < -0.4 is 5.73 Å². The maximum atomic E-state index is 5.64. The Labute approximate surface area is 78.6 Å². The summed E-state index contributed by atoms with van der Waals surface area (Å²) in [7, 11) is 1.91. The third kappa shape index (κ3) is 0.937. The molecule has 0 radical (unpaired) electrons. The molecule has 0 bridgehead atoms. The molecule has 0 aliphatic heterocycles. The second-order valence-electron chi connectivity index (χ2n) is 2.54. The van der Waals surface area contributed by atoms with Crippen LogP contribution in [0.15, 0.2) is 12.3 Å². The summed E-state index contributed by atoms with van der Waals surface area (Å²) >= 11 is 6.54. The first-order valence-corrected chi connectivity index (χ1v) is 4.59. The highest BCUT2D eigenvalue weighted by atomic mass is 32.1. The molecule has 62 valence electrons. The van der Waals surface area contributed by atoms with Crippen molar-refractivity contribution in [1.82, 2.24) is 8.94 Å². The van der Waals surface area contributed by atoms with Crippen LogP contribution in [-0.2, 0) is 7.05 Å². The molecule has 0 saturated heterocycles. The Morgan fingerprint density at radius 3 is 3.17 bits per heavy atom. The highest BCUT2D eigenvalue weighted by molar-refractivity contribution is 7.71. The number of hydrogen-bond donors (Lipinski definition) is 1. The van der Waals surface area contributed by atoms with Crippen molar-refractivity contribution in [2.24, 2.45) is 7.05 Å². The van der Waals surface area contributed by atoms with Gasteiger partial charge in [0.05, 0.1) is 4.70 Å². The average molecular weight is 197 g/mol. The molecule has 3 nitrogen and oxygen atoms in total. The molecule has 2 aromatic heterocycles. The number of fused-ring (bicyclic) bond motifs is 1. The van der Waals surface area contributed by atoms with Crippen LogP contribution in [-0.4, -0.2) is 8.94 Å².